The molecule has 0 amide bonds. The Kier molecular flexibility index (Phi) is 3.99. The Bertz CT molecular complexity index is 272. The van der Waals surface area contributed by atoms with Gasteiger partial charge < -0.3 is 4.74 Å². The first kappa shape index (κ1) is 10.3. The van der Waals surface area contributed by atoms with Crippen molar-refractivity contribution in [1.82, 2.24) is 0 Å². The molecule has 0 spiro atoms. The van der Waals surface area contributed by atoms with E-state index in [0.717, 1.165) is 5.56 Å². The molecule has 13 heavy (non-hydrogen) atoms. The fourth-order valence-corrected chi connectivity index (χ4v) is 1.30. The Morgan fingerprint density at radius 3 is 2.54 bits per heavy atom. The minimum atomic E-state index is -0.439. The summed E-state index contributed by atoms with van der Waals surface area (Å²) >= 11 is 3.74. The van der Waals surface area contributed by atoms with Gasteiger partial charge in [0, 0.05) is 13.5 Å². The van der Waals surface area contributed by atoms with Crippen molar-refractivity contribution in [2.75, 3.05) is 7.11 Å². The lowest BCUT2D eigenvalue weighted by molar-refractivity contribution is -0.119. The summed E-state index contributed by atoms with van der Waals surface area (Å²) < 4.78 is 4.99. The number of methoxy groups -OCH3 is 1. The molecule has 1 rings (SSSR count). The molecule has 0 aliphatic rings. The number of hydrogen-bond donors (Lipinski definition) is 1. The zero-order valence-corrected chi connectivity index (χ0v) is 8.33. The van der Waals surface area contributed by atoms with E-state index in [1.54, 1.807) is 0 Å². The van der Waals surface area contributed by atoms with Crippen LogP contribution in [0.2, 0.25) is 0 Å². The maximum absolute atomic E-state index is 10.9. The molecule has 1 unspecified atom stereocenters. The molecule has 0 bridgehead atoms. The largest absolute Gasteiger partial charge is 0.372 e. The van der Waals surface area contributed by atoms with Gasteiger partial charge in [-0.3, -0.25) is 4.79 Å². The summed E-state index contributed by atoms with van der Waals surface area (Å²) in [7, 11) is 1.52. The van der Waals surface area contributed by atoms with E-state index in [1.165, 1.54) is 7.11 Å². The number of rotatable bonds is 4. The first-order chi connectivity index (χ1) is 6.24. The molecule has 0 heterocycles. The van der Waals surface area contributed by atoms with Crippen molar-refractivity contribution in [2.45, 2.75) is 12.5 Å². The first-order valence-electron chi connectivity index (χ1n) is 4.03. The summed E-state index contributed by atoms with van der Waals surface area (Å²) in [4.78, 5) is 10.9. The third kappa shape index (κ3) is 3.20. The number of ether oxygens (including phenoxy) is 1. The molecule has 0 saturated carbocycles. The summed E-state index contributed by atoms with van der Waals surface area (Å²) in [5.41, 5.74) is 1.08. The van der Waals surface area contributed by atoms with Gasteiger partial charge in [-0.15, -0.1) is 12.6 Å². The zero-order valence-electron chi connectivity index (χ0n) is 7.43. The van der Waals surface area contributed by atoms with Crippen LogP contribution in [-0.2, 0) is 16.0 Å². The molecule has 1 aromatic rings. The van der Waals surface area contributed by atoms with E-state index in [-0.39, 0.29) is 5.12 Å². The predicted molar refractivity (Wildman–Crippen MR) is 54.9 cm³/mol. The van der Waals surface area contributed by atoms with Crippen molar-refractivity contribution in [3.8, 4) is 0 Å². The fourth-order valence-electron chi connectivity index (χ4n) is 1.10. The molecule has 0 radical (unpaired) electrons. The van der Waals surface area contributed by atoms with Crippen LogP contribution in [-0.4, -0.2) is 18.3 Å². The van der Waals surface area contributed by atoms with Crippen LogP contribution in [0.1, 0.15) is 5.56 Å². The Morgan fingerprint density at radius 2 is 2.08 bits per heavy atom. The van der Waals surface area contributed by atoms with Gasteiger partial charge in [-0.2, -0.15) is 0 Å². The van der Waals surface area contributed by atoms with Crippen LogP contribution in [0.25, 0.3) is 0 Å². The monoisotopic (exact) mass is 196 g/mol. The van der Waals surface area contributed by atoms with E-state index >= 15 is 0 Å². The molecule has 0 aliphatic heterocycles. The average molecular weight is 196 g/mol. The minimum absolute atomic E-state index is 0.230. The van der Waals surface area contributed by atoms with Crippen molar-refractivity contribution >= 4 is 17.7 Å². The molecule has 3 heteroatoms. The van der Waals surface area contributed by atoms with Gasteiger partial charge in [0.1, 0.15) is 6.10 Å². The van der Waals surface area contributed by atoms with Crippen LogP contribution in [0.3, 0.4) is 0 Å². The van der Waals surface area contributed by atoms with E-state index in [4.69, 9.17) is 4.74 Å². The molecule has 0 fully saturated rings. The topological polar surface area (TPSA) is 26.3 Å². The second kappa shape index (κ2) is 5.04. The molecule has 1 atom stereocenters. The maximum atomic E-state index is 10.9. The van der Waals surface area contributed by atoms with Crippen LogP contribution >= 0.6 is 12.6 Å². The maximum Gasteiger partial charge on any atom is 0.214 e. The third-order valence-corrected chi connectivity index (χ3v) is 2.11. The van der Waals surface area contributed by atoms with E-state index in [2.05, 4.69) is 12.6 Å². The lowest BCUT2D eigenvalue weighted by Crippen LogP contribution is -2.21. The van der Waals surface area contributed by atoms with Crippen LogP contribution in [0.5, 0.6) is 0 Å². The van der Waals surface area contributed by atoms with Crippen molar-refractivity contribution in [1.29, 1.82) is 0 Å². The van der Waals surface area contributed by atoms with E-state index < -0.39 is 6.10 Å². The molecule has 70 valence electrons. The molecule has 0 aliphatic carbocycles. The number of carbonyl (C=O) groups is 1. The summed E-state index contributed by atoms with van der Waals surface area (Å²) in [5, 5.41) is -0.230. The van der Waals surface area contributed by atoms with Gasteiger partial charge in [0.15, 0.2) is 0 Å². The molecular formula is C10H12O2S. The highest BCUT2D eigenvalue weighted by atomic mass is 32.1. The van der Waals surface area contributed by atoms with Gasteiger partial charge in [0.05, 0.1) is 0 Å². The van der Waals surface area contributed by atoms with Crippen molar-refractivity contribution in [3.63, 3.8) is 0 Å². The minimum Gasteiger partial charge on any atom is -0.372 e. The highest BCUT2D eigenvalue weighted by molar-refractivity contribution is 7.96. The Morgan fingerprint density at radius 1 is 1.46 bits per heavy atom. The average Bonchev–Trinajstić information content (AvgIpc) is 2.15. The normalized spacial score (nSPS) is 12.5. The molecule has 2 nitrogen and oxygen atoms in total. The smallest absolute Gasteiger partial charge is 0.214 e. The molecule has 0 aromatic heterocycles. The van der Waals surface area contributed by atoms with E-state index in [9.17, 15) is 4.79 Å². The van der Waals surface area contributed by atoms with Crippen molar-refractivity contribution < 1.29 is 9.53 Å². The number of hydrogen-bond acceptors (Lipinski definition) is 2. The molecule has 0 N–H and O–H groups in total. The molecule has 0 saturated heterocycles. The van der Waals surface area contributed by atoms with Crippen molar-refractivity contribution in [3.05, 3.63) is 35.9 Å². The molecule has 1 aromatic carbocycles. The van der Waals surface area contributed by atoms with Gasteiger partial charge in [-0.05, 0) is 5.56 Å². The lowest BCUT2D eigenvalue weighted by atomic mass is 10.1. The van der Waals surface area contributed by atoms with Crippen LogP contribution in [0.15, 0.2) is 30.3 Å². The first-order valence-corrected chi connectivity index (χ1v) is 4.48. The van der Waals surface area contributed by atoms with Crippen molar-refractivity contribution in [2.24, 2.45) is 0 Å². The second-order valence-electron chi connectivity index (χ2n) is 2.75. The summed E-state index contributed by atoms with van der Waals surface area (Å²) in [5.74, 6) is 0. The fraction of sp³-hybridized carbons (Fsp3) is 0.300. The third-order valence-electron chi connectivity index (χ3n) is 1.82. The SMILES string of the molecule is COC(Cc1ccccc1)C(=O)S. The quantitative estimate of drug-likeness (QED) is 0.742. The predicted octanol–water partition coefficient (Wildman–Crippen LogP) is 1.70. The molecular weight excluding hydrogens is 184 g/mol. The lowest BCUT2D eigenvalue weighted by Gasteiger charge is -2.10. The Labute approximate surface area is 83.3 Å². The second-order valence-corrected chi connectivity index (χ2v) is 3.19. The van der Waals surface area contributed by atoms with Crippen LogP contribution < -0.4 is 0 Å². The van der Waals surface area contributed by atoms with Gasteiger partial charge in [0.25, 0.3) is 0 Å². The van der Waals surface area contributed by atoms with E-state index in [1.807, 2.05) is 30.3 Å². The number of benzene rings is 1. The summed E-state index contributed by atoms with van der Waals surface area (Å²) in [6.07, 6.45) is 0.144. The zero-order chi connectivity index (χ0) is 9.68. The summed E-state index contributed by atoms with van der Waals surface area (Å²) in [6.45, 7) is 0. The highest BCUT2D eigenvalue weighted by Crippen LogP contribution is 2.07. The van der Waals surface area contributed by atoms with Gasteiger partial charge >= 0.3 is 0 Å². The number of thiol groups is 1. The number of carbonyl (C=O) groups excluding carboxylic acids is 1. The van der Waals surface area contributed by atoms with Gasteiger partial charge in [-0.25, -0.2) is 0 Å². The Hall–Kier alpha value is -0.800. The van der Waals surface area contributed by atoms with Crippen LogP contribution in [0.4, 0.5) is 0 Å². The van der Waals surface area contributed by atoms with E-state index in [0.29, 0.717) is 6.42 Å². The van der Waals surface area contributed by atoms with Gasteiger partial charge in [-0.1, -0.05) is 30.3 Å². The van der Waals surface area contributed by atoms with Gasteiger partial charge in [0.2, 0.25) is 5.12 Å². The van der Waals surface area contributed by atoms with Crippen LogP contribution in [0, 0.1) is 0 Å². The highest BCUT2D eigenvalue weighted by Gasteiger charge is 2.13. The standard InChI is InChI=1S/C10H12O2S/c1-12-9(10(11)13)7-8-5-3-2-4-6-8/h2-6,9H,7H2,1H3,(H,11,13). The summed E-state index contributed by atoms with van der Waals surface area (Å²) in [6, 6.07) is 9.73. The Balaban J connectivity index is 2.62.